The van der Waals surface area contributed by atoms with E-state index >= 15 is 0 Å². The topological polar surface area (TPSA) is 72.0 Å². The summed E-state index contributed by atoms with van der Waals surface area (Å²) >= 11 is 1.07. The number of hydrogen-bond acceptors (Lipinski definition) is 5. The standard InChI is InChI=1S/C6H7N3O2S/c1-4(11)7-6-8-5(2-3-10)9-12-6/h3H,2H2,1H3,(H,7,8,9,11). The molecule has 0 bridgehead atoms. The van der Waals surface area contributed by atoms with Crippen LogP contribution in [-0.2, 0) is 16.0 Å². The molecule has 1 N–H and O–H groups in total. The predicted molar refractivity (Wildman–Crippen MR) is 44.0 cm³/mol. The molecule has 1 rings (SSSR count). The second-order valence-corrected chi connectivity index (χ2v) is 2.82. The van der Waals surface area contributed by atoms with E-state index in [-0.39, 0.29) is 12.3 Å². The molecule has 0 unspecified atom stereocenters. The number of aromatic nitrogens is 2. The van der Waals surface area contributed by atoms with Crippen LogP contribution >= 0.6 is 11.5 Å². The molecule has 1 aromatic rings. The predicted octanol–water partition coefficient (Wildman–Crippen LogP) is 0.238. The molecule has 5 nitrogen and oxygen atoms in total. The lowest BCUT2D eigenvalue weighted by Gasteiger charge is -1.90. The maximum absolute atomic E-state index is 10.5. The van der Waals surface area contributed by atoms with Crippen molar-refractivity contribution in [1.82, 2.24) is 9.36 Å². The van der Waals surface area contributed by atoms with Crippen LogP contribution in [0.15, 0.2) is 0 Å². The van der Waals surface area contributed by atoms with Crippen LogP contribution in [0.4, 0.5) is 5.13 Å². The molecule has 6 heteroatoms. The largest absolute Gasteiger partial charge is 0.303 e. The molecule has 0 spiro atoms. The smallest absolute Gasteiger partial charge is 0.223 e. The van der Waals surface area contributed by atoms with Gasteiger partial charge in [-0.05, 0) is 0 Å². The van der Waals surface area contributed by atoms with Gasteiger partial charge in [-0.2, -0.15) is 4.37 Å². The van der Waals surface area contributed by atoms with E-state index in [0.29, 0.717) is 11.0 Å². The van der Waals surface area contributed by atoms with Crippen LogP contribution in [0.1, 0.15) is 12.7 Å². The van der Waals surface area contributed by atoms with Gasteiger partial charge in [0.15, 0.2) is 5.82 Å². The molecule has 0 saturated carbocycles. The Morgan fingerprint density at radius 2 is 2.50 bits per heavy atom. The van der Waals surface area contributed by atoms with E-state index in [1.807, 2.05) is 0 Å². The van der Waals surface area contributed by atoms with Crippen LogP contribution in [0.2, 0.25) is 0 Å². The lowest BCUT2D eigenvalue weighted by Crippen LogP contribution is -2.05. The zero-order valence-electron chi connectivity index (χ0n) is 6.40. The second-order valence-electron chi connectivity index (χ2n) is 2.07. The van der Waals surface area contributed by atoms with Gasteiger partial charge >= 0.3 is 0 Å². The molecule has 0 aliphatic heterocycles. The third-order valence-corrected chi connectivity index (χ3v) is 1.69. The molecule has 0 radical (unpaired) electrons. The average molecular weight is 185 g/mol. The summed E-state index contributed by atoms with van der Waals surface area (Å²) in [5, 5.41) is 2.90. The first kappa shape index (κ1) is 8.79. The molecule has 1 amide bonds. The van der Waals surface area contributed by atoms with E-state index in [1.165, 1.54) is 6.92 Å². The highest BCUT2D eigenvalue weighted by Gasteiger charge is 2.03. The number of rotatable bonds is 3. The fraction of sp³-hybridized carbons (Fsp3) is 0.333. The SMILES string of the molecule is CC(=O)Nc1nc(CC=O)ns1. The average Bonchev–Trinajstić information content (AvgIpc) is 2.36. The van der Waals surface area contributed by atoms with Crippen molar-refractivity contribution in [3.8, 4) is 0 Å². The van der Waals surface area contributed by atoms with E-state index in [9.17, 15) is 9.59 Å². The Morgan fingerprint density at radius 3 is 3.08 bits per heavy atom. The zero-order valence-corrected chi connectivity index (χ0v) is 7.22. The Morgan fingerprint density at radius 1 is 1.75 bits per heavy atom. The third kappa shape index (κ3) is 2.39. The van der Waals surface area contributed by atoms with Crippen LogP contribution in [0.3, 0.4) is 0 Å². The maximum atomic E-state index is 10.5. The molecule has 12 heavy (non-hydrogen) atoms. The summed E-state index contributed by atoms with van der Waals surface area (Å²) < 4.78 is 3.84. The molecular weight excluding hydrogens is 178 g/mol. The lowest BCUT2D eigenvalue weighted by atomic mass is 10.5. The number of carbonyl (C=O) groups is 2. The summed E-state index contributed by atoms with van der Waals surface area (Å²) in [4.78, 5) is 24.5. The summed E-state index contributed by atoms with van der Waals surface area (Å²) in [7, 11) is 0. The first-order valence-electron chi connectivity index (χ1n) is 3.26. The number of carbonyl (C=O) groups excluding carboxylic acids is 2. The van der Waals surface area contributed by atoms with Crippen molar-refractivity contribution in [2.75, 3.05) is 5.32 Å². The van der Waals surface area contributed by atoms with Gasteiger partial charge in [0.05, 0.1) is 6.42 Å². The van der Waals surface area contributed by atoms with E-state index in [4.69, 9.17) is 0 Å². The number of hydrogen-bond donors (Lipinski definition) is 1. The molecule has 1 aromatic heterocycles. The van der Waals surface area contributed by atoms with Crippen LogP contribution in [0, 0.1) is 0 Å². The highest BCUT2D eigenvalue weighted by Crippen LogP contribution is 2.10. The minimum atomic E-state index is -0.191. The molecule has 1 heterocycles. The third-order valence-electron chi connectivity index (χ3n) is 1.02. The van der Waals surface area contributed by atoms with Gasteiger partial charge in [-0.25, -0.2) is 4.98 Å². The van der Waals surface area contributed by atoms with E-state index < -0.39 is 0 Å². The minimum absolute atomic E-state index is 0.191. The van der Waals surface area contributed by atoms with Gasteiger partial charge in [0.2, 0.25) is 11.0 Å². The first-order valence-corrected chi connectivity index (χ1v) is 4.03. The van der Waals surface area contributed by atoms with E-state index in [1.54, 1.807) is 0 Å². The van der Waals surface area contributed by atoms with Crippen LogP contribution in [-0.4, -0.2) is 21.6 Å². The molecule has 0 atom stereocenters. The summed E-state index contributed by atoms with van der Waals surface area (Å²) in [6, 6.07) is 0. The highest BCUT2D eigenvalue weighted by molar-refractivity contribution is 7.09. The first-order chi connectivity index (χ1) is 5.72. The lowest BCUT2D eigenvalue weighted by molar-refractivity contribution is -0.114. The Balaban J connectivity index is 2.63. The molecule has 64 valence electrons. The van der Waals surface area contributed by atoms with Gasteiger partial charge in [-0.3, -0.25) is 4.79 Å². The van der Waals surface area contributed by atoms with Gasteiger partial charge in [-0.1, -0.05) is 0 Å². The fourth-order valence-electron chi connectivity index (χ4n) is 0.613. The Bertz CT molecular complexity index is 297. The monoisotopic (exact) mass is 185 g/mol. The van der Waals surface area contributed by atoms with Gasteiger partial charge in [0.25, 0.3) is 0 Å². The van der Waals surface area contributed by atoms with Gasteiger partial charge < -0.3 is 10.1 Å². The van der Waals surface area contributed by atoms with Crippen LogP contribution in [0.25, 0.3) is 0 Å². The Labute approximate surface area is 73.0 Å². The van der Waals surface area contributed by atoms with Crippen molar-refractivity contribution in [3.63, 3.8) is 0 Å². The molecule has 0 aliphatic carbocycles. The molecule has 0 fully saturated rings. The van der Waals surface area contributed by atoms with Crippen LogP contribution in [0.5, 0.6) is 0 Å². The van der Waals surface area contributed by atoms with Crippen molar-refractivity contribution in [3.05, 3.63) is 5.82 Å². The van der Waals surface area contributed by atoms with Gasteiger partial charge in [-0.15, -0.1) is 0 Å². The number of amides is 1. The second kappa shape index (κ2) is 3.91. The minimum Gasteiger partial charge on any atom is -0.303 e. The zero-order chi connectivity index (χ0) is 8.97. The highest BCUT2D eigenvalue weighted by atomic mass is 32.1. The van der Waals surface area contributed by atoms with E-state index in [0.717, 1.165) is 17.8 Å². The molecular formula is C6H7N3O2S. The summed E-state index contributed by atoms with van der Waals surface area (Å²) in [6.45, 7) is 1.39. The van der Waals surface area contributed by atoms with Crippen LogP contribution < -0.4 is 5.32 Å². The van der Waals surface area contributed by atoms with Crippen molar-refractivity contribution in [2.45, 2.75) is 13.3 Å². The van der Waals surface area contributed by atoms with Crippen molar-refractivity contribution >= 4 is 28.9 Å². The van der Waals surface area contributed by atoms with Crippen molar-refractivity contribution < 1.29 is 9.59 Å². The number of anilines is 1. The molecule has 0 aliphatic rings. The normalized spacial score (nSPS) is 9.42. The van der Waals surface area contributed by atoms with Gasteiger partial charge in [0, 0.05) is 18.5 Å². The van der Waals surface area contributed by atoms with Crippen molar-refractivity contribution in [1.29, 1.82) is 0 Å². The summed E-state index contributed by atoms with van der Waals surface area (Å²) in [5.41, 5.74) is 0. The number of aldehydes is 1. The number of nitrogens with one attached hydrogen (secondary N) is 1. The van der Waals surface area contributed by atoms with E-state index in [2.05, 4.69) is 14.7 Å². The number of nitrogens with zero attached hydrogens (tertiary/aromatic N) is 2. The quantitative estimate of drug-likeness (QED) is 0.684. The van der Waals surface area contributed by atoms with Crippen molar-refractivity contribution in [2.24, 2.45) is 0 Å². The maximum Gasteiger partial charge on any atom is 0.223 e. The fourth-order valence-corrected chi connectivity index (χ4v) is 1.26. The Kier molecular flexibility index (Phi) is 2.87. The Hall–Kier alpha value is -1.30. The van der Waals surface area contributed by atoms with Gasteiger partial charge in [0.1, 0.15) is 6.29 Å². The molecule has 0 saturated heterocycles. The molecule has 0 aromatic carbocycles. The summed E-state index contributed by atoms with van der Waals surface area (Å²) in [6.07, 6.45) is 0.912. The summed E-state index contributed by atoms with van der Waals surface area (Å²) in [5.74, 6) is 0.252.